The van der Waals surface area contributed by atoms with Crippen LogP contribution in [0.2, 0.25) is 0 Å². The third-order valence-electron chi connectivity index (χ3n) is 4.93. The van der Waals surface area contributed by atoms with E-state index in [1.165, 1.54) is 11.8 Å². The molecule has 0 fully saturated rings. The third kappa shape index (κ3) is 4.32. The normalized spacial score (nSPS) is 12.2. The Hall–Kier alpha value is -3.36. The standard InChI is InChI=1S/C24H20N4O2S2/c1-16(31-23-26-27-24-28(23)20-9-5-6-10-21(20)32-24)22(29)25-18-11-13-19(14-12-18)30-15-17-7-3-2-4-8-17/h2-14,16H,15H2,1H3,(H,25,29). The number of hydrogen-bond donors (Lipinski definition) is 1. The number of rotatable bonds is 7. The number of thiazole rings is 1. The number of amides is 1. The number of nitrogens with one attached hydrogen (secondary N) is 1. The average Bonchev–Trinajstić information content (AvgIpc) is 3.39. The smallest absolute Gasteiger partial charge is 0.237 e. The molecule has 0 aliphatic carbocycles. The Bertz CT molecular complexity index is 1360. The first-order valence-electron chi connectivity index (χ1n) is 10.1. The SMILES string of the molecule is CC(Sc1nnc2sc3ccccc3n12)C(=O)Nc1ccc(OCc2ccccc2)cc1. The molecule has 0 saturated carbocycles. The maximum absolute atomic E-state index is 12.8. The zero-order valence-electron chi connectivity index (χ0n) is 17.3. The first-order chi connectivity index (χ1) is 15.7. The number of carbonyl (C=O) groups is 1. The Labute approximate surface area is 193 Å². The Balaban J connectivity index is 1.22. The number of aromatic nitrogens is 3. The highest BCUT2D eigenvalue weighted by Gasteiger charge is 2.20. The summed E-state index contributed by atoms with van der Waals surface area (Å²) >= 11 is 2.98. The van der Waals surface area contributed by atoms with Crippen LogP contribution in [0.25, 0.3) is 15.2 Å². The summed E-state index contributed by atoms with van der Waals surface area (Å²) in [4.78, 5) is 13.6. The number of fused-ring (bicyclic) bond motifs is 3. The van der Waals surface area contributed by atoms with E-state index in [0.29, 0.717) is 11.8 Å². The monoisotopic (exact) mass is 460 g/mol. The topological polar surface area (TPSA) is 68.5 Å². The Kier molecular flexibility index (Phi) is 5.79. The Morgan fingerprint density at radius 1 is 1.03 bits per heavy atom. The largest absolute Gasteiger partial charge is 0.489 e. The van der Waals surface area contributed by atoms with Gasteiger partial charge in [-0.05, 0) is 48.9 Å². The average molecular weight is 461 g/mol. The summed E-state index contributed by atoms with van der Waals surface area (Å²) in [6, 6.07) is 25.5. The number of hydrogen-bond acceptors (Lipinski definition) is 6. The minimum atomic E-state index is -0.338. The summed E-state index contributed by atoms with van der Waals surface area (Å²) in [7, 11) is 0. The van der Waals surface area contributed by atoms with E-state index >= 15 is 0 Å². The number of ether oxygens (including phenoxy) is 1. The molecule has 0 spiro atoms. The number of anilines is 1. The number of benzene rings is 3. The first kappa shape index (κ1) is 20.5. The van der Waals surface area contributed by atoms with Crippen LogP contribution in [0.4, 0.5) is 5.69 Å². The highest BCUT2D eigenvalue weighted by molar-refractivity contribution is 8.00. The van der Waals surface area contributed by atoms with Crippen molar-refractivity contribution in [1.29, 1.82) is 0 Å². The van der Waals surface area contributed by atoms with E-state index in [0.717, 1.165) is 32.2 Å². The first-order valence-corrected chi connectivity index (χ1v) is 11.8. The highest BCUT2D eigenvalue weighted by Crippen LogP contribution is 2.31. The molecule has 0 aliphatic rings. The van der Waals surface area contributed by atoms with Gasteiger partial charge < -0.3 is 10.1 Å². The number of nitrogens with zero attached hydrogens (tertiary/aromatic N) is 3. The van der Waals surface area contributed by atoms with Crippen LogP contribution in [0.5, 0.6) is 5.75 Å². The fourth-order valence-corrected chi connectivity index (χ4v) is 5.15. The van der Waals surface area contributed by atoms with Gasteiger partial charge in [-0.1, -0.05) is 65.6 Å². The molecule has 6 nitrogen and oxygen atoms in total. The quantitative estimate of drug-likeness (QED) is 0.318. The summed E-state index contributed by atoms with van der Waals surface area (Å²) in [5.74, 6) is 0.661. The van der Waals surface area contributed by atoms with Crippen LogP contribution < -0.4 is 10.1 Å². The molecule has 5 rings (SSSR count). The van der Waals surface area contributed by atoms with Crippen molar-refractivity contribution in [2.75, 3.05) is 5.32 Å². The van der Waals surface area contributed by atoms with Crippen molar-refractivity contribution in [3.8, 4) is 5.75 Å². The second-order valence-corrected chi connectivity index (χ2v) is 9.54. The molecule has 2 aromatic heterocycles. The van der Waals surface area contributed by atoms with Gasteiger partial charge in [0.2, 0.25) is 10.9 Å². The van der Waals surface area contributed by atoms with Crippen LogP contribution in [0.1, 0.15) is 12.5 Å². The zero-order valence-corrected chi connectivity index (χ0v) is 18.9. The highest BCUT2D eigenvalue weighted by atomic mass is 32.2. The van der Waals surface area contributed by atoms with Gasteiger partial charge >= 0.3 is 0 Å². The van der Waals surface area contributed by atoms with Crippen molar-refractivity contribution < 1.29 is 9.53 Å². The predicted octanol–water partition coefficient (Wildman–Crippen LogP) is 5.64. The molecule has 0 radical (unpaired) electrons. The second-order valence-electron chi connectivity index (χ2n) is 7.22. The number of thioether (sulfide) groups is 1. The van der Waals surface area contributed by atoms with Gasteiger partial charge in [0.25, 0.3) is 0 Å². The molecule has 1 atom stereocenters. The minimum Gasteiger partial charge on any atom is -0.489 e. The molecular weight excluding hydrogens is 440 g/mol. The van der Waals surface area contributed by atoms with Gasteiger partial charge in [-0.3, -0.25) is 9.20 Å². The van der Waals surface area contributed by atoms with Crippen molar-refractivity contribution >= 4 is 49.9 Å². The number of carbonyl (C=O) groups excluding carboxylic acids is 1. The molecular formula is C24H20N4O2S2. The van der Waals surface area contributed by atoms with Gasteiger partial charge in [0.05, 0.1) is 15.5 Å². The van der Waals surface area contributed by atoms with E-state index < -0.39 is 0 Å². The van der Waals surface area contributed by atoms with Gasteiger partial charge in [0.15, 0.2) is 5.16 Å². The van der Waals surface area contributed by atoms with Gasteiger partial charge in [-0.15, -0.1) is 10.2 Å². The summed E-state index contributed by atoms with van der Waals surface area (Å²) in [5.41, 5.74) is 2.89. The lowest BCUT2D eigenvalue weighted by Crippen LogP contribution is -2.22. The fraction of sp³-hybridized carbons (Fsp3) is 0.125. The second kappa shape index (κ2) is 9.02. The van der Waals surface area contributed by atoms with E-state index in [1.807, 2.05) is 84.1 Å². The molecule has 3 aromatic carbocycles. The van der Waals surface area contributed by atoms with Crippen molar-refractivity contribution in [2.45, 2.75) is 23.9 Å². The fourth-order valence-electron chi connectivity index (χ4n) is 3.26. The molecule has 0 aliphatic heterocycles. The van der Waals surface area contributed by atoms with Gasteiger partial charge in [0.1, 0.15) is 12.4 Å². The summed E-state index contributed by atoms with van der Waals surface area (Å²) in [6.45, 7) is 2.37. The van der Waals surface area contributed by atoms with Crippen LogP contribution in [-0.4, -0.2) is 25.8 Å². The van der Waals surface area contributed by atoms with Crippen LogP contribution in [0.15, 0.2) is 84.0 Å². The summed E-state index contributed by atoms with van der Waals surface area (Å²) < 4.78 is 8.96. The maximum atomic E-state index is 12.8. The lowest BCUT2D eigenvalue weighted by atomic mass is 10.2. The van der Waals surface area contributed by atoms with E-state index in [2.05, 4.69) is 21.6 Å². The lowest BCUT2D eigenvalue weighted by molar-refractivity contribution is -0.115. The summed E-state index contributed by atoms with van der Waals surface area (Å²) in [5, 5.41) is 11.9. The molecule has 1 unspecified atom stereocenters. The van der Waals surface area contributed by atoms with Crippen molar-refractivity contribution in [3.05, 3.63) is 84.4 Å². The van der Waals surface area contributed by atoms with Crippen LogP contribution in [0.3, 0.4) is 0 Å². The zero-order chi connectivity index (χ0) is 21.9. The molecule has 0 bridgehead atoms. The van der Waals surface area contributed by atoms with Crippen molar-refractivity contribution in [3.63, 3.8) is 0 Å². The molecule has 0 saturated heterocycles. The van der Waals surface area contributed by atoms with E-state index in [4.69, 9.17) is 4.74 Å². The lowest BCUT2D eigenvalue weighted by Gasteiger charge is -2.12. The molecule has 32 heavy (non-hydrogen) atoms. The maximum Gasteiger partial charge on any atom is 0.237 e. The van der Waals surface area contributed by atoms with Gasteiger partial charge in [-0.2, -0.15) is 0 Å². The number of para-hydroxylation sites is 1. The third-order valence-corrected chi connectivity index (χ3v) is 6.99. The molecule has 2 heterocycles. The van der Waals surface area contributed by atoms with Crippen molar-refractivity contribution in [1.82, 2.24) is 14.6 Å². The molecule has 1 amide bonds. The van der Waals surface area contributed by atoms with Crippen LogP contribution in [-0.2, 0) is 11.4 Å². The van der Waals surface area contributed by atoms with Crippen molar-refractivity contribution in [2.24, 2.45) is 0 Å². The minimum absolute atomic E-state index is 0.0933. The molecule has 1 N–H and O–H groups in total. The van der Waals surface area contributed by atoms with Gasteiger partial charge in [-0.25, -0.2) is 0 Å². The van der Waals surface area contributed by atoms with Crippen LogP contribution in [0, 0.1) is 0 Å². The van der Waals surface area contributed by atoms with Crippen LogP contribution >= 0.6 is 23.1 Å². The predicted molar refractivity (Wildman–Crippen MR) is 130 cm³/mol. The summed E-state index contributed by atoms with van der Waals surface area (Å²) in [6.07, 6.45) is 0. The molecule has 5 aromatic rings. The van der Waals surface area contributed by atoms with E-state index in [9.17, 15) is 4.79 Å². The molecule has 8 heteroatoms. The van der Waals surface area contributed by atoms with E-state index in [1.54, 1.807) is 11.3 Å². The Morgan fingerprint density at radius 3 is 2.59 bits per heavy atom. The van der Waals surface area contributed by atoms with Gasteiger partial charge in [0, 0.05) is 5.69 Å². The van der Waals surface area contributed by atoms with E-state index in [-0.39, 0.29) is 11.2 Å². The Morgan fingerprint density at radius 2 is 1.78 bits per heavy atom. The molecule has 160 valence electrons.